The van der Waals surface area contributed by atoms with Gasteiger partial charge in [-0.2, -0.15) is 0 Å². The largest absolute Gasteiger partial charge is 0.323 e. The fourth-order valence-corrected chi connectivity index (χ4v) is 1.83. The van der Waals surface area contributed by atoms with Gasteiger partial charge in [0.1, 0.15) is 6.54 Å². The van der Waals surface area contributed by atoms with Crippen LogP contribution in [-0.4, -0.2) is 23.7 Å². The van der Waals surface area contributed by atoms with Crippen LogP contribution in [0.2, 0.25) is 0 Å². The highest BCUT2D eigenvalue weighted by Gasteiger charge is 2.25. The zero-order valence-electron chi connectivity index (χ0n) is 7.87. The number of benzene rings is 1. The Hall–Kier alpha value is -1.36. The maximum Gasteiger partial charge on any atom is 0.244 e. The second-order valence-corrected chi connectivity index (χ2v) is 3.74. The lowest BCUT2D eigenvalue weighted by atomic mass is 10.2. The van der Waals surface area contributed by atoms with E-state index in [4.69, 9.17) is 0 Å². The molecule has 1 aromatic carbocycles. The van der Waals surface area contributed by atoms with Crippen LogP contribution in [0.15, 0.2) is 24.3 Å². The molecule has 0 atom stereocenters. The monoisotopic (exact) mass is 268 g/mol. The summed E-state index contributed by atoms with van der Waals surface area (Å²) in [5.41, 5.74) is 1.43. The third-order valence-corrected chi connectivity index (χ3v) is 2.67. The van der Waals surface area contributed by atoms with Crippen molar-refractivity contribution in [2.75, 3.05) is 22.1 Å². The molecule has 1 heterocycles. The molecule has 1 aliphatic rings. The van der Waals surface area contributed by atoms with Crippen LogP contribution >= 0.6 is 15.9 Å². The lowest BCUT2D eigenvalue weighted by Gasteiger charge is -2.28. The number of halogens is 1. The van der Waals surface area contributed by atoms with Crippen LogP contribution < -0.4 is 10.2 Å². The van der Waals surface area contributed by atoms with Crippen LogP contribution in [0.5, 0.6) is 0 Å². The highest BCUT2D eigenvalue weighted by molar-refractivity contribution is 9.09. The predicted molar refractivity (Wildman–Crippen MR) is 61.2 cm³/mol. The van der Waals surface area contributed by atoms with Crippen molar-refractivity contribution in [3.8, 4) is 0 Å². The normalized spacial score (nSPS) is 14.5. The molecule has 2 rings (SSSR count). The second-order valence-electron chi connectivity index (χ2n) is 3.18. The third-order valence-electron chi connectivity index (χ3n) is 2.19. The summed E-state index contributed by atoms with van der Waals surface area (Å²) in [5, 5.41) is 2.94. The van der Waals surface area contributed by atoms with E-state index in [1.165, 1.54) is 4.90 Å². The summed E-state index contributed by atoms with van der Waals surface area (Å²) in [4.78, 5) is 24.4. The van der Waals surface area contributed by atoms with E-state index in [0.29, 0.717) is 5.69 Å². The maximum absolute atomic E-state index is 11.6. The van der Waals surface area contributed by atoms with Crippen molar-refractivity contribution in [2.24, 2.45) is 0 Å². The number of rotatable bonds is 1. The molecule has 0 unspecified atom stereocenters. The quantitative estimate of drug-likeness (QED) is 0.783. The minimum atomic E-state index is -0.164. The van der Waals surface area contributed by atoms with Gasteiger partial charge in [-0.05, 0) is 12.1 Å². The number of para-hydroxylation sites is 2. The Morgan fingerprint density at radius 3 is 2.93 bits per heavy atom. The summed E-state index contributed by atoms with van der Waals surface area (Å²) in [5.74, 6) is -0.277. The summed E-state index contributed by atoms with van der Waals surface area (Å²) in [6, 6.07) is 7.25. The van der Waals surface area contributed by atoms with E-state index < -0.39 is 0 Å². The fraction of sp³-hybridized carbons (Fsp3) is 0.200. The molecule has 15 heavy (non-hydrogen) atoms. The summed E-state index contributed by atoms with van der Waals surface area (Å²) in [7, 11) is 0. The van der Waals surface area contributed by atoms with Gasteiger partial charge in [0.2, 0.25) is 11.8 Å². The second kappa shape index (κ2) is 4.02. The number of carbonyl (C=O) groups excluding carboxylic acids is 2. The number of hydrogen-bond donors (Lipinski definition) is 1. The average molecular weight is 269 g/mol. The van der Waals surface area contributed by atoms with E-state index in [1.54, 1.807) is 6.07 Å². The van der Waals surface area contributed by atoms with Crippen LogP contribution in [0.3, 0.4) is 0 Å². The zero-order chi connectivity index (χ0) is 10.8. The first-order valence-corrected chi connectivity index (χ1v) is 5.59. The molecule has 1 aliphatic heterocycles. The van der Waals surface area contributed by atoms with Crippen LogP contribution in [0.4, 0.5) is 11.4 Å². The number of fused-ring (bicyclic) bond motifs is 1. The molecule has 2 amide bonds. The summed E-state index contributed by atoms with van der Waals surface area (Å²) in [6.45, 7) is 0.0848. The molecule has 0 aromatic heterocycles. The predicted octanol–water partition coefficient (Wildman–Crippen LogP) is 1.37. The van der Waals surface area contributed by atoms with Crippen LogP contribution in [0.1, 0.15) is 0 Å². The first-order chi connectivity index (χ1) is 7.22. The van der Waals surface area contributed by atoms with Gasteiger partial charge in [0.25, 0.3) is 0 Å². The number of nitrogens with one attached hydrogen (secondary N) is 1. The molecule has 0 fully saturated rings. The van der Waals surface area contributed by atoms with Gasteiger partial charge < -0.3 is 10.2 Å². The van der Waals surface area contributed by atoms with Crippen LogP contribution in [0, 0.1) is 0 Å². The van der Waals surface area contributed by atoms with Crippen molar-refractivity contribution >= 4 is 39.1 Å². The Balaban J connectivity index is 2.42. The Kier molecular flexibility index (Phi) is 2.73. The van der Waals surface area contributed by atoms with Crippen molar-refractivity contribution in [2.45, 2.75) is 0 Å². The Bertz CT molecular complexity index is 420. The van der Waals surface area contributed by atoms with Crippen molar-refractivity contribution < 1.29 is 9.59 Å². The van der Waals surface area contributed by atoms with Crippen molar-refractivity contribution in [3.63, 3.8) is 0 Å². The van der Waals surface area contributed by atoms with Crippen molar-refractivity contribution in [1.29, 1.82) is 0 Å². The van der Waals surface area contributed by atoms with Gasteiger partial charge in [-0.3, -0.25) is 9.59 Å². The van der Waals surface area contributed by atoms with E-state index in [1.807, 2.05) is 18.2 Å². The lowest BCUT2D eigenvalue weighted by molar-refractivity contribution is -0.120. The molecule has 0 spiro atoms. The van der Waals surface area contributed by atoms with Gasteiger partial charge in [0, 0.05) is 0 Å². The smallest absolute Gasteiger partial charge is 0.244 e. The molecular formula is C10H9BrN2O2. The van der Waals surface area contributed by atoms with E-state index in [-0.39, 0.29) is 23.7 Å². The van der Waals surface area contributed by atoms with Crippen molar-refractivity contribution in [1.82, 2.24) is 0 Å². The molecule has 4 nitrogen and oxygen atoms in total. The number of amides is 2. The number of carbonyl (C=O) groups is 2. The summed E-state index contributed by atoms with van der Waals surface area (Å²) in [6.07, 6.45) is 0. The number of alkyl halides is 1. The summed E-state index contributed by atoms with van der Waals surface area (Å²) >= 11 is 3.10. The maximum atomic E-state index is 11.6. The Labute approximate surface area is 95.4 Å². The van der Waals surface area contributed by atoms with Gasteiger partial charge in [-0.25, -0.2) is 0 Å². The first-order valence-electron chi connectivity index (χ1n) is 4.47. The topological polar surface area (TPSA) is 49.4 Å². The van der Waals surface area contributed by atoms with E-state index in [2.05, 4.69) is 21.2 Å². The minimum absolute atomic E-state index is 0.0848. The standard InChI is InChI=1S/C10H9BrN2O2/c11-5-10(15)13-6-9(14)12-7-3-1-2-4-8(7)13/h1-4H,5-6H2,(H,12,14). The highest BCUT2D eigenvalue weighted by atomic mass is 79.9. The molecule has 0 bridgehead atoms. The van der Waals surface area contributed by atoms with Gasteiger partial charge >= 0.3 is 0 Å². The minimum Gasteiger partial charge on any atom is -0.323 e. The molecule has 1 aromatic rings. The Morgan fingerprint density at radius 1 is 1.47 bits per heavy atom. The Morgan fingerprint density at radius 2 is 2.20 bits per heavy atom. The summed E-state index contributed by atoms with van der Waals surface area (Å²) < 4.78 is 0. The molecule has 78 valence electrons. The molecule has 0 saturated carbocycles. The van der Waals surface area contributed by atoms with Crippen LogP contribution in [0.25, 0.3) is 0 Å². The first kappa shape index (κ1) is 10.2. The van der Waals surface area contributed by atoms with Crippen molar-refractivity contribution in [3.05, 3.63) is 24.3 Å². The number of anilines is 2. The van der Waals surface area contributed by atoms with E-state index in [9.17, 15) is 9.59 Å². The molecule has 0 saturated heterocycles. The molecule has 5 heteroatoms. The SMILES string of the molecule is O=C1CN(C(=O)CBr)c2ccccc2N1. The molecule has 0 radical (unpaired) electrons. The number of nitrogens with zero attached hydrogens (tertiary/aromatic N) is 1. The molecule has 1 N–H and O–H groups in total. The van der Waals surface area contributed by atoms with Gasteiger partial charge in [-0.15, -0.1) is 0 Å². The lowest BCUT2D eigenvalue weighted by Crippen LogP contribution is -2.42. The fourth-order valence-electron chi connectivity index (χ4n) is 1.53. The third kappa shape index (κ3) is 1.87. The van der Waals surface area contributed by atoms with Gasteiger partial charge in [0.15, 0.2) is 0 Å². The van der Waals surface area contributed by atoms with E-state index in [0.717, 1.165) is 5.69 Å². The average Bonchev–Trinajstić information content (AvgIpc) is 2.26. The van der Waals surface area contributed by atoms with Gasteiger partial charge in [-0.1, -0.05) is 28.1 Å². The van der Waals surface area contributed by atoms with E-state index >= 15 is 0 Å². The molecule has 0 aliphatic carbocycles. The van der Waals surface area contributed by atoms with Gasteiger partial charge in [0.05, 0.1) is 16.7 Å². The highest BCUT2D eigenvalue weighted by Crippen LogP contribution is 2.28. The molecular weight excluding hydrogens is 260 g/mol. The number of hydrogen-bond acceptors (Lipinski definition) is 2. The van der Waals surface area contributed by atoms with Crippen LogP contribution in [-0.2, 0) is 9.59 Å². The zero-order valence-corrected chi connectivity index (χ0v) is 9.45.